The SMILES string of the molecule is CC(O)C(Nc1ccc([N+](=O)[O-])cc1[N+](=O)[O-])C(=O)[O-]. The molecule has 0 aliphatic rings. The molecule has 0 heterocycles. The Labute approximate surface area is 111 Å². The summed E-state index contributed by atoms with van der Waals surface area (Å²) >= 11 is 0. The number of nitrogens with zero attached hydrogens (tertiary/aromatic N) is 2. The van der Waals surface area contributed by atoms with Gasteiger partial charge in [0.1, 0.15) is 5.69 Å². The van der Waals surface area contributed by atoms with Crippen LogP contribution in [0.2, 0.25) is 0 Å². The van der Waals surface area contributed by atoms with E-state index in [0.29, 0.717) is 6.07 Å². The first-order valence-corrected chi connectivity index (χ1v) is 5.32. The number of aliphatic carboxylic acids is 1. The minimum atomic E-state index is -1.66. The summed E-state index contributed by atoms with van der Waals surface area (Å²) in [6.07, 6.45) is -1.38. The highest BCUT2D eigenvalue weighted by molar-refractivity contribution is 5.78. The van der Waals surface area contributed by atoms with Gasteiger partial charge >= 0.3 is 0 Å². The van der Waals surface area contributed by atoms with Crippen molar-refractivity contribution < 1.29 is 24.9 Å². The topological polar surface area (TPSA) is 159 Å². The number of hydrogen-bond acceptors (Lipinski definition) is 8. The van der Waals surface area contributed by atoms with E-state index in [1.165, 1.54) is 0 Å². The third-order valence-electron chi connectivity index (χ3n) is 2.44. The second-order valence-electron chi connectivity index (χ2n) is 3.90. The van der Waals surface area contributed by atoms with Gasteiger partial charge in [0, 0.05) is 6.07 Å². The first kappa shape index (κ1) is 15.3. The lowest BCUT2D eigenvalue weighted by molar-refractivity contribution is -0.393. The van der Waals surface area contributed by atoms with Crippen LogP contribution in [0, 0.1) is 20.2 Å². The van der Waals surface area contributed by atoms with E-state index < -0.39 is 39.3 Å². The van der Waals surface area contributed by atoms with Gasteiger partial charge in [0.2, 0.25) is 0 Å². The number of aliphatic hydroxyl groups is 1. The first-order chi connectivity index (χ1) is 9.23. The van der Waals surface area contributed by atoms with Crippen LogP contribution >= 0.6 is 0 Å². The molecule has 10 nitrogen and oxygen atoms in total. The number of rotatable bonds is 6. The molecule has 0 saturated carbocycles. The van der Waals surface area contributed by atoms with E-state index in [1.807, 2.05) is 0 Å². The summed E-state index contributed by atoms with van der Waals surface area (Å²) in [5.41, 5.74) is -1.45. The first-order valence-electron chi connectivity index (χ1n) is 5.32. The quantitative estimate of drug-likeness (QED) is 0.518. The molecule has 108 valence electrons. The van der Waals surface area contributed by atoms with Crippen LogP contribution < -0.4 is 10.4 Å². The van der Waals surface area contributed by atoms with Crippen molar-refractivity contribution in [1.29, 1.82) is 0 Å². The monoisotopic (exact) mass is 284 g/mol. The second-order valence-corrected chi connectivity index (χ2v) is 3.90. The van der Waals surface area contributed by atoms with Crippen LogP contribution in [0.1, 0.15) is 6.92 Å². The summed E-state index contributed by atoms with van der Waals surface area (Å²) in [5, 5.41) is 43.6. The molecular formula is C10H10N3O7-. The molecule has 1 rings (SSSR count). The van der Waals surface area contributed by atoms with Crippen molar-refractivity contribution in [3.05, 3.63) is 38.4 Å². The van der Waals surface area contributed by atoms with Crippen molar-refractivity contribution in [2.24, 2.45) is 0 Å². The van der Waals surface area contributed by atoms with Gasteiger partial charge in [-0.15, -0.1) is 0 Å². The van der Waals surface area contributed by atoms with E-state index in [1.54, 1.807) is 0 Å². The zero-order valence-electron chi connectivity index (χ0n) is 10.2. The molecular weight excluding hydrogens is 274 g/mol. The number of aliphatic hydroxyl groups excluding tert-OH is 1. The van der Waals surface area contributed by atoms with E-state index in [9.17, 15) is 35.2 Å². The number of nitro groups is 2. The van der Waals surface area contributed by atoms with Gasteiger partial charge in [-0.1, -0.05) is 0 Å². The molecule has 0 aliphatic heterocycles. The molecule has 10 heteroatoms. The van der Waals surface area contributed by atoms with Crippen molar-refractivity contribution in [2.45, 2.75) is 19.1 Å². The number of benzene rings is 1. The van der Waals surface area contributed by atoms with Crippen LogP contribution in [0.15, 0.2) is 18.2 Å². The van der Waals surface area contributed by atoms with Gasteiger partial charge in [-0.3, -0.25) is 20.2 Å². The lowest BCUT2D eigenvalue weighted by Crippen LogP contribution is -2.47. The average Bonchev–Trinajstić information content (AvgIpc) is 2.34. The standard InChI is InChI=1S/C10H11N3O7/c1-5(14)9(10(15)16)11-7-3-2-6(12(17)18)4-8(7)13(19)20/h2-5,9,11,14H,1H3,(H,15,16)/p-1. The summed E-state index contributed by atoms with van der Waals surface area (Å²) in [6.45, 7) is 1.16. The Morgan fingerprint density at radius 2 is 1.90 bits per heavy atom. The summed E-state index contributed by atoms with van der Waals surface area (Å²) in [4.78, 5) is 30.5. The predicted octanol–water partition coefficient (Wildman–Crippen LogP) is -0.586. The lowest BCUT2D eigenvalue weighted by Gasteiger charge is -2.23. The van der Waals surface area contributed by atoms with Crippen LogP contribution in [0.25, 0.3) is 0 Å². The fraction of sp³-hybridized carbons (Fsp3) is 0.300. The minimum absolute atomic E-state index is 0.268. The van der Waals surface area contributed by atoms with Gasteiger partial charge in [0.15, 0.2) is 0 Å². The molecule has 2 atom stereocenters. The van der Waals surface area contributed by atoms with Gasteiger partial charge in [0.05, 0.1) is 34.0 Å². The number of carboxylic acid groups (broad SMARTS) is 1. The molecule has 0 radical (unpaired) electrons. The summed E-state index contributed by atoms with van der Waals surface area (Å²) < 4.78 is 0. The van der Waals surface area contributed by atoms with E-state index in [2.05, 4.69) is 5.32 Å². The highest BCUT2D eigenvalue weighted by Gasteiger charge is 2.23. The van der Waals surface area contributed by atoms with Gasteiger partial charge in [-0.25, -0.2) is 0 Å². The van der Waals surface area contributed by atoms with E-state index >= 15 is 0 Å². The maximum absolute atomic E-state index is 10.8. The maximum Gasteiger partial charge on any atom is 0.299 e. The van der Waals surface area contributed by atoms with Gasteiger partial charge in [-0.05, 0) is 13.0 Å². The summed E-state index contributed by atoms with van der Waals surface area (Å²) in [7, 11) is 0. The molecule has 20 heavy (non-hydrogen) atoms. The largest absolute Gasteiger partial charge is 0.548 e. The Hall–Kier alpha value is -2.75. The van der Waals surface area contributed by atoms with E-state index in [4.69, 9.17) is 0 Å². The molecule has 1 aromatic carbocycles. The number of nitro benzene ring substituents is 2. The minimum Gasteiger partial charge on any atom is -0.548 e. The zero-order chi connectivity index (χ0) is 15.4. The Kier molecular flexibility index (Phi) is 4.54. The molecule has 2 N–H and O–H groups in total. The Balaban J connectivity index is 3.20. The molecule has 0 fully saturated rings. The van der Waals surface area contributed by atoms with Crippen molar-refractivity contribution in [1.82, 2.24) is 0 Å². The van der Waals surface area contributed by atoms with E-state index in [0.717, 1.165) is 19.1 Å². The summed E-state index contributed by atoms with van der Waals surface area (Å²) in [5.74, 6) is -1.66. The number of non-ortho nitro benzene ring substituents is 1. The van der Waals surface area contributed by atoms with Gasteiger partial charge in [-0.2, -0.15) is 0 Å². The fourth-order valence-electron chi connectivity index (χ4n) is 1.45. The van der Waals surface area contributed by atoms with Crippen molar-refractivity contribution >= 4 is 23.0 Å². The van der Waals surface area contributed by atoms with Gasteiger partial charge < -0.3 is 20.3 Å². The fourth-order valence-corrected chi connectivity index (χ4v) is 1.45. The molecule has 1 aromatic rings. The van der Waals surface area contributed by atoms with Crippen LogP contribution in [0.5, 0.6) is 0 Å². The number of nitrogens with one attached hydrogen (secondary N) is 1. The third kappa shape index (κ3) is 3.38. The Morgan fingerprint density at radius 3 is 2.30 bits per heavy atom. The number of anilines is 1. The van der Waals surface area contributed by atoms with Crippen LogP contribution in [0.3, 0.4) is 0 Å². The molecule has 0 aliphatic carbocycles. The van der Waals surface area contributed by atoms with Crippen LogP contribution in [-0.2, 0) is 4.79 Å². The van der Waals surface area contributed by atoms with E-state index in [-0.39, 0.29) is 5.69 Å². The molecule has 0 spiro atoms. The number of carboxylic acids is 1. The Morgan fingerprint density at radius 1 is 1.30 bits per heavy atom. The third-order valence-corrected chi connectivity index (χ3v) is 2.44. The number of carbonyl (C=O) groups is 1. The number of carbonyl (C=O) groups excluding carboxylic acids is 1. The van der Waals surface area contributed by atoms with Crippen molar-refractivity contribution in [2.75, 3.05) is 5.32 Å². The molecule has 0 bridgehead atoms. The molecule has 0 amide bonds. The highest BCUT2D eigenvalue weighted by Crippen LogP contribution is 2.29. The zero-order valence-corrected chi connectivity index (χ0v) is 10.2. The second kappa shape index (κ2) is 5.93. The summed E-state index contributed by atoms with van der Waals surface area (Å²) in [6, 6.07) is 1.07. The van der Waals surface area contributed by atoms with Crippen molar-refractivity contribution in [3.63, 3.8) is 0 Å². The average molecular weight is 284 g/mol. The Bertz CT molecular complexity index is 558. The maximum atomic E-state index is 10.8. The van der Waals surface area contributed by atoms with Gasteiger partial charge in [0.25, 0.3) is 11.4 Å². The predicted molar refractivity (Wildman–Crippen MR) is 63.8 cm³/mol. The normalized spacial score (nSPS) is 13.3. The number of hydrogen-bond donors (Lipinski definition) is 2. The highest BCUT2D eigenvalue weighted by atomic mass is 16.6. The molecule has 0 saturated heterocycles. The lowest BCUT2D eigenvalue weighted by atomic mass is 10.1. The van der Waals surface area contributed by atoms with Crippen LogP contribution in [0.4, 0.5) is 17.1 Å². The van der Waals surface area contributed by atoms with Crippen molar-refractivity contribution in [3.8, 4) is 0 Å². The van der Waals surface area contributed by atoms with Crippen LogP contribution in [-0.4, -0.2) is 33.1 Å². The molecule has 2 unspecified atom stereocenters. The smallest absolute Gasteiger partial charge is 0.299 e. The molecule has 0 aromatic heterocycles.